The van der Waals surface area contributed by atoms with Crippen molar-refractivity contribution < 1.29 is 28.6 Å². The lowest BCUT2D eigenvalue weighted by Crippen LogP contribution is -2.43. The van der Waals surface area contributed by atoms with Crippen LogP contribution in [-0.2, 0) is 25.5 Å². The predicted octanol–water partition coefficient (Wildman–Crippen LogP) is 1.30. The van der Waals surface area contributed by atoms with E-state index in [2.05, 4.69) is 6.58 Å². The molecule has 2 unspecified atom stereocenters. The van der Waals surface area contributed by atoms with Crippen molar-refractivity contribution in [3.8, 4) is 0 Å². The van der Waals surface area contributed by atoms with Gasteiger partial charge in [0.1, 0.15) is 11.9 Å². The van der Waals surface area contributed by atoms with Crippen LogP contribution in [0.2, 0.25) is 0 Å². The van der Waals surface area contributed by atoms with Crippen LogP contribution in [-0.4, -0.2) is 71.1 Å². The Kier molecular flexibility index (Phi) is 7.90. The van der Waals surface area contributed by atoms with Gasteiger partial charge >= 0.3 is 5.97 Å². The maximum Gasteiger partial charge on any atom is 0.329 e. The number of halogens is 1. The fourth-order valence-electron chi connectivity index (χ4n) is 3.24. The van der Waals surface area contributed by atoms with E-state index in [0.717, 1.165) is 5.57 Å². The van der Waals surface area contributed by atoms with E-state index in [0.29, 0.717) is 13.1 Å². The monoisotopic (exact) mass is 406 g/mol. The number of carbonyl (C=O) groups excluding carboxylic acids is 3. The lowest BCUT2D eigenvalue weighted by Gasteiger charge is -2.24. The molecule has 7 nitrogen and oxygen atoms in total. The first-order valence-corrected chi connectivity index (χ1v) is 9.52. The number of β-amino-alcohol motifs (C(OH)–C–C–N with tert-alkyl or cyclic N) is 1. The number of nitrogens with zero attached hydrogens (tertiary/aromatic N) is 2. The molecule has 0 spiro atoms. The van der Waals surface area contributed by atoms with E-state index < -0.39 is 36.4 Å². The summed E-state index contributed by atoms with van der Waals surface area (Å²) >= 11 is 0. The molecule has 0 aliphatic carbocycles. The number of aliphatic hydroxyl groups excluding tert-OH is 1. The summed E-state index contributed by atoms with van der Waals surface area (Å²) in [4.78, 5) is 40.0. The minimum Gasteiger partial charge on any atom is -0.454 e. The van der Waals surface area contributed by atoms with Crippen LogP contribution in [0.15, 0.2) is 36.4 Å². The van der Waals surface area contributed by atoms with Crippen molar-refractivity contribution >= 4 is 17.8 Å². The van der Waals surface area contributed by atoms with E-state index in [1.54, 1.807) is 19.9 Å². The SMILES string of the molecule is C=C(C)CN(CC)C(=O)COC(=O)C1CC(O)CN1C(=O)Cc1ccccc1F. The van der Waals surface area contributed by atoms with Gasteiger partial charge in [0, 0.05) is 26.1 Å². The molecule has 2 amide bonds. The van der Waals surface area contributed by atoms with Crippen LogP contribution in [0, 0.1) is 5.82 Å². The average molecular weight is 406 g/mol. The zero-order valence-corrected chi connectivity index (χ0v) is 16.8. The highest BCUT2D eigenvalue weighted by molar-refractivity contribution is 5.88. The molecule has 0 radical (unpaired) electrons. The third-order valence-corrected chi connectivity index (χ3v) is 4.70. The number of benzene rings is 1. The first-order chi connectivity index (χ1) is 13.7. The van der Waals surface area contributed by atoms with Gasteiger partial charge in [0.15, 0.2) is 6.61 Å². The second-order valence-electron chi connectivity index (χ2n) is 7.19. The van der Waals surface area contributed by atoms with Gasteiger partial charge in [-0.15, -0.1) is 0 Å². The highest BCUT2D eigenvalue weighted by atomic mass is 19.1. The van der Waals surface area contributed by atoms with E-state index in [-0.39, 0.29) is 30.9 Å². The van der Waals surface area contributed by atoms with Crippen molar-refractivity contribution in [2.24, 2.45) is 0 Å². The third-order valence-electron chi connectivity index (χ3n) is 4.70. The van der Waals surface area contributed by atoms with Gasteiger partial charge in [-0.2, -0.15) is 0 Å². The van der Waals surface area contributed by atoms with Crippen LogP contribution < -0.4 is 0 Å². The summed E-state index contributed by atoms with van der Waals surface area (Å²) in [6.45, 7) is 7.66. The van der Waals surface area contributed by atoms with Gasteiger partial charge < -0.3 is 19.6 Å². The molecular weight excluding hydrogens is 379 g/mol. The smallest absolute Gasteiger partial charge is 0.329 e. The zero-order valence-electron chi connectivity index (χ0n) is 16.8. The fraction of sp³-hybridized carbons (Fsp3) is 0.476. The number of likely N-dealkylation sites (tertiary alicyclic amines) is 1. The number of hydrogen-bond donors (Lipinski definition) is 1. The molecule has 1 aromatic carbocycles. The Bertz CT molecular complexity index is 782. The normalized spacial score (nSPS) is 18.4. The van der Waals surface area contributed by atoms with E-state index >= 15 is 0 Å². The van der Waals surface area contributed by atoms with Crippen molar-refractivity contribution in [2.75, 3.05) is 26.2 Å². The lowest BCUT2D eigenvalue weighted by molar-refractivity contribution is -0.158. The van der Waals surface area contributed by atoms with Crippen molar-refractivity contribution in [1.82, 2.24) is 9.80 Å². The number of amides is 2. The Morgan fingerprint density at radius 2 is 2.03 bits per heavy atom. The summed E-state index contributed by atoms with van der Waals surface area (Å²) in [5, 5.41) is 9.93. The van der Waals surface area contributed by atoms with Crippen LogP contribution in [0.4, 0.5) is 4.39 Å². The molecule has 2 rings (SSSR count). The maximum atomic E-state index is 13.8. The number of esters is 1. The van der Waals surface area contributed by atoms with Crippen LogP contribution in [0.3, 0.4) is 0 Å². The Morgan fingerprint density at radius 1 is 1.34 bits per heavy atom. The predicted molar refractivity (Wildman–Crippen MR) is 104 cm³/mol. The minimum absolute atomic E-state index is 0.0132. The molecule has 1 aliphatic heterocycles. The number of hydrogen-bond acceptors (Lipinski definition) is 5. The molecule has 1 saturated heterocycles. The molecule has 158 valence electrons. The van der Waals surface area contributed by atoms with Crippen LogP contribution in [0.1, 0.15) is 25.8 Å². The second-order valence-corrected chi connectivity index (χ2v) is 7.19. The molecule has 1 heterocycles. The topological polar surface area (TPSA) is 87.2 Å². The number of rotatable bonds is 8. The molecule has 29 heavy (non-hydrogen) atoms. The molecule has 1 N–H and O–H groups in total. The quantitative estimate of drug-likeness (QED) is 0.519. The molecule has 2 atom stereocenters. The Labute approximate surface area is 169 Å². The van der Waals surface area contributed by atoms with Gasteiger partial charge in [-0.25, -0.2) is 9.18 Å². The van der Waals surface area contributed by atoms with Crippen LogP contribution in [0.25, 0.3) is 0 Å². The Morgan fingerprint density at radius 3 is 2.66 bits per heavy atom. The highest BCUT2D eigenvalue weighted by Gasteiger charge is 2.40. The molecular formula is C21H27FN2O5. The highest BCUT2D eigenvalue weighted by Crippen LogP contribution is 2.21. The summed E-state index contributed by atoms with van der Waals surface area (Å²) in [7, 11) is 0. The first kappa shape index (κ1) is 22.5. The van der Waals surface area contributed by atoms with Gasteiger partial charge in [0.2, 0.25) is 5.91 Å². The molecule has 8 heteroatoms. The third kappa shape index (κ3) is 6.12. The Hall–Kier alpha value is -2.74. The van der Waals surface area contributed by atoms with Gasteiger partial charge in [0.05, 0.1) is 12.5 Å². The number of aliphatic hydroxyl groups is 1. The van der Waals surface area contributed by atoms with E-state index in [9.17, 15) is 23.9 Å². The number of ether oxygens (including phenoxy) is 1. The lowest BCUT2D eigenvalue weighted by atomic mass is 10.1. The summed E-state index contributed by atoms with van der Waals surface area (Å²) < 4.78 is 18.9. The molecule has 1 aromatic rings. The van der Waals surface area contributed by atoms with Gasteiger partial charge in [0.25, 0.3) is 5.91 Å². The molecule has 1 aliphatic rings. The minimum atomic E-state index is -1.01. The van der Waals surface area contributed by atoms with E-state index in [1.165, 1.54) is 28.0 Å². The first-order valence-electron chi connectivity index (χ1n) is 9.52. The number of likely N-dealkylation sites (N-methyl/N-ethyl adjacent to an activating group) is 1. The summed E-state index contributed by atoms with van der Waals surface area (Å²) in [6.07, 6.45) is -1.10. The molecule has 0 aromatic heterocycles. The number of carbonyl (C=O) groups is 3. The van der Waals surface area contributed by atoms with Crippen molar-refractivity contribution in [2.45, 2.75) is 38.8 Å². The van der Waals surface area contributed by atoms with Crippen LogP contribution >= 0.6 is 0 Å². The second kappa shape index (κ2) is 10.2. The van der Waals surface area contributed by atoms with Crippen molar-refractivity contribution in [3.05, 3.63) is 47.8 Å². The molecule has 0 bridgehead atoms. The average Bonchev–Trinajstić information content (AvgIpc) is 3.07. The van der Waals surface area contributed by atoms with Crippen molar-refractivity contribution in [1.29, 1.82) is 0 Å². The van der Waals surface area contributed by atoms with Crippen molar-refractivity contribution in [3.63, 3.8) is 0 Å². The van der Waals surface area contributed by atoms with Gasteiger partial charge in [-0.3, -0.25) is 9.59 Å². The zero-order chi connectivity index (χ0) is 21.6. The van der Waals surface area contributed by atoms with Gasteiger partial charge in [-0.05, 0) is 25.5 Å². The largest absolute Gasteiger partial charge is 0.454 e. The summed E-state index contributed by atoms with van der Waals surface area (Å²) in [6, 6.07) is 4.88. The van der Waals surface area contributed by atoms with Gasteiger partial charge in [-0.1, -0.05) is 30.4 Å². The fourth-order valence-corrected chi connectivity index (χ4v) is 3.24. The molecule has 0 saturated carbocycles. The van der Waals surface area contributed by atoms with E-state index in [1.807, 2.05) is 0 Å². The molecule has 1 fully saturated rings. The summed E-state index contributed by atoms with van der Waals surface area (Å²) in [5.41, 5.74) is 1.01. The standard InChI is InChI=1S/C21H27FN2O5/c1-4-23(11-14(2)3)20(27)13-29-21(28)18-10-16(25)12-24(18)19(26)9-15-7-5-6-8-17(15)22/h5-8,16,18,25H,2,4,9-13H2,1,3H3. The van der Waals surface area contributed by atoms with E-state index in [4.69, 9.17) is 4.74 Å². The maximum absolute atomic E-state index is 13.8. The van der Waals surface area contributed by atoms with Crippen LogP contribution in [0.5, 0.6) is 0 Å². The Balaban J connectivity index is 1.99. The summed E-state index contributed by atoms with van der Waals surface area (Å²) in [5.74, 6) is -2.13.